The van der Waals surface area contributed by atoms with E-state index in [1.54, 1.807) is 6.20 Å². The summed E-state index contributed by atoms with van der Waals surface area (Å²) in [5.41, 5.74) is 7.95. The second-order valence-electron chi connectivity index (χ2n) is 9.48. The van der Waals surface area contributed by atoms with Crippen LogP contribution in [0.15, 0.2) is 48.8 Å². The van der Waals surface area contributed by atoms with Gasteiger partial charge in [0.15, 0.2) is 0 Å². The number of nitrogens with one attached hydrogen (secondary N) is 3. The summed E-state index contributed by atoms with van der Waals surface area (Å²) in [5, 5.41) is 18.0. The highest BCUT2D eigenvalue weighted by Crippen LogP contribution is 2.32. The SMILES string of the molecule is Cc1ncc(C#N)c(Nc2ccc3[nH]ccc3c2C)c1/C=C/c1cccc(CNCCN2CCOCC2)n1. The van der Waals surface area contributed by atoms with Gasteiger partial charge in [0.25, 0.3) is 0 Å². The average Bonchev–Trinajstić information content (AvgIpc) is 3.43. The van der Waals surface area contributed by atoms with Gasteiger partial charge in [0.05, 0.1) is 35.9 Å². The minimum atomic E-state index is 0.495. The summed E-state index contributed by atoms with van der Waals surface area (Å²) in [6.07, 6.45) is 7.54. The minimum absolute atomic E-state index is 0.495. The fourth-order valence-electron chi connectivity index (χ4n) is 4.74. The van der Waals surface area contributed by atoms with Crippen molar-refractivity contribution in [3.05, 3.63) is 82.6 Å². The maximum Gasteiger partial charge on any atom is 0.103 e. The summed E-state index contributed by atoms with van der Waals surface area (Å²) in [6.45, 7) is 10.3. The standard InChI is InChI=1S/C30H33N7O/c1-21-26-10-11-33-29(26)9-8-28(21)36-30-23(18-31)19-34-22(2)27(30)7-6-24-4-3-5-25(35-24)20-32-12-13-37-14-16-38-17-15-37/h3-11,19,32-33H,12-17,20H2,1-2H3,(H,34,36)/b7-6+. The maximum atomic E-state index is 9.84. The van der Waals surface area contributed by atoms with Crippen molar-refractivity contribution in [2.75, 3.05) is 44.7 Å². The summed E-state index contributed by atoms with van der Waals surface area (Å²) in [7, 11) is 0. The molecule has 1 saturated heterocycles. The Bertz CT molecular complexity index is 1480. The third kappa shape index (κ3) is 5.92. The fourth-order valence-corrected chi connectivity index (χ4v) is 4.74. The van der Waals surface area contributed by atoms with Crippen molar-refractivity contribution in [1.29, 1.82) is 5.26 Å². The van der Waals surface area contributed by atoms with Gasteiger partial charge in [-0.15, -0.1) is 0 Å². The van der Waals surface area contributed by atoms with E-state index in [-0.39, 0.29) is 0 Å². The van der Waals surface area contributed by atoms with Crippen LogP contribution in [-0.2, 0) is 11.3 Å². The molecule has 1 aliphatic heterocycles. The van der Waals surface area contributed by atoms with E-state index < -0.39 is 0 Å². The number of aryl methyl sites for hydroxylation is 2. The normalized spacial score (nSPS) is 14.2. The highest BCUT2D eigenvalue weighted by molar-refractivity contribution is 5.90. The molecule has 38 heavy (non-hydrogen) atoms. The number of nitrogens with zero attached hydrogens (tertiary/aromatic N) is 4. The molecule has 0 saturated carbocycles. The number of benzene rings is 1. The molecule has 0 spiro atoms. The Hall–Kier alpha value is -4.03. The number of aromatic amines is 1. The van der Waals surface area contributed by atoms with Crippen molar-refractivity contribution in [2.45, 2.75) is 20.4 Å². The lowest BCUT2D eigenvalue weighted by Crippen LogP contribution is -2.40. The number of anilines is 2. The molecule has 8 nitrogen and oxygen atoms in total. The van der Waals surface area contributed by atoms with E-state index in [1.165, 1.54) is 0 Å². The van der Waals surface area contributed by atoms with Crippen molar-refractivity contribution >= 4 is 34.4 Å². The number of H-pyrrole nitrogens is 1. The quantitative estimate of drug-likeness (QED) is 0.280. The molecular formula is C30H33N7O. The van der Waals surface area contributed by atoms with Gasteiger partial charge in [0.2, 0.25) is 0 Å². The number of pyridine rings is 2. The van der Waals surface area contributed by atoms with Crippen LogP contribution in [-0.4, -0.2) is 59.2 Å². The zero-order valence-electron chi connectivity index (χ0n) is 21.9. The number of rotatable bonds is 9. The van der Waals surface area contributed by atoms with E-state index in [2.05, 4.69) is 44.6 Å². The van der Waals surface area contributed by atoms with Gasteiger partial charge < -0.3 is 20.4 Å². The van der Waals surface area contributed by atoms with Crippen LogP contribution in [0.5, 0.6) is 0 Å². The van der Waals surface area contributed by atoms with Crippen LogP contribution in [0, 0.1) is 25.2 Å². The molecule has 5 rings (SSSR count). The van der Waals surface area contributed by atoms with Gasteiger partial charge in [-0.2, -0.15) is 5.26 Å². The molecule has 1 fully saturated rings. The van der Waals surface area contributed by atoms with Gasteiger partial charge in [-0.05, 0) is 61.9 Å². The van der Waals surface area contributed by atoms with Crippen molar-refractivity contribution in [1.82, 2.24) is 25.2 Å². The van der Waals surface area contributed by atoms with Crippen LogP contribution in [0.4, 0.5) is 11.4 Å². The third-order valence-electron chi connectivity index (χ3n) is 6.96. The molecule has 1 aliphatic rings. The molecule has 0 amide bonds. The molecule has 0 atom stereocenters. The largest absolute Gasteiger partial charge is 0.379 e. The second-order valence-corrected chi connectivity index (χ2v) is 9.48. The lowest BCUT2D eigenvalue weighted by Gasteiger charge is -2.26. The molecule has 3 N–H and O–H groups in total. The molecule has 4 heterocycles. The lowest BCUT2D eigenvalue weighted by molar-refractivity contribution is 0.0384. The van der Waals surface area contributed by atoms with Gasteiger partial charge in [0.1, 0.15) is 6.07 Å². The molecule has 4 aromatic rings. The monoisotopic (exact) mass is 507 g/mol. The number of fused-ring (bicyclic) bond motifs is 1. The Kier molecular flexibility index (Phi) is 8.09. The van der Waals surface area contributed by atoms with Crippen molar-refractivity contribution in [2.24, 2.45) is 0 Å². The molecule has 0 radical (unpaired) electrons. The van der Waals surface area contributed by atoms with Gasteiger partial charge in [-0.25, -0.2) is 0 Å². The Morgan fingerprint density at radius 3 is 2.84 bits per heavy atom. The van der Waals surface area contributed by atoms with Gasteiger partial charge in [0, 0.05) is 73.0 Å². The van der Waals surface area contributed by atoms with Gasteiger partial charge in [-0.3, -0.25) is 14.9 Å². The second kappa shape index (κ2) is 12.0. The van der Waals surface area contributed by atoms with Gasteiger partial charge in [-0.1, -0.05) is 6.07 Å². The first-order valence-electron chi connectivity index (χ1n) is 13.0. The number of ether oxygens (including phenoxy) is 1. The van der Waals surface area contributed by atoms with Crippen molar-refractivity contribution in [3.8, 4) is 6.07 Å². The molecule has 0 unspecified atom stereocenters. The predicted molar refractivity (Wildman–Crippen MR) is 152 cm³/mol. The summed E-state index contributed by atoms with van der Waals surface area (Å²) < 4.78 is 5.41. The zero-order valence-corrected chi connectivity index (χ0v) is 21.9. The highest BCUT2D eigenvalue weighted by Gasteiger charge is 2.14. The summed E-state index contributed by atoms with van der Waals surface area (Å²) >= 11 is 0. The van der Waals surface area contributed by atoms with Crippen LogP contribution >= 0.6 is 0 Å². The summed E-state index contributed by atoms with van der Waals surface area (Å²) in [6, 6.07) is 14.5. The fraction of sp³-hybridized carbons (Fsp3) is 0.300. The van der Waals surface area contributed by atoms with Crippen molar-refractivity contribution < 1.29 is 4.74 Å². The van der Waals surface area contributed by atoms with E-state index >= 15 is 0 Å². The number of morpholine rings is 1. The van der Waals surface area contributed by atoms with Crippen LogP contribution in [0.25, 0.3) is 23.1 Å². The number of hydrogen-bond donors (Lipinski definition) is 3. The molecule has 8 heteroatoms. The predicted octanol–water partition coefficient (Wildman–Crippen LogP) is 4.78. The number of hydrogen-bond acceptors (Lipinski definition) is 7. The summed E-state index contributed by atoms with van der Waals surface area (Å²) in [4.78, 5) is 14.9. The Balaban J connectivity index is 1.32. The summed E-state index contributed by atoms with van der Waals surface area (Å²) in [5.74, 6) is 0. The average molecular weight is 508 g/mol. The van der Waals surface area contributed by atoms with E-state index in [9.17, 15) is 5.26 Å². The van der Waals surface area contributed by atoms with Crippen LogP contribution < -0.4 is 10.6 Å². The van der Waals surface area contributed by atoms with Crippen LogP contribution in [0.1, 0.15) is 33.8 Å². The van der Waals surface area contributed by atoms with E-state index in [0.717, 1.165) is 89.9 Å². The number of aromatic nitrogens is 3. The third-order valence-corrected chi connectivity index (χ3v) is 6.96. The molecule has 194 valence electrons. The maximum absolute atomic E-state index is 9.84. The smallest absolute Gasteiger partial charge is 0.103 e. The minimum Gasteiger partial charge on any atom is -0.379 e. The van der Waals surface area contributed by atoms with Crippen LogP contribution in [0.2, 0.25) is 0 Å². The first kappa shape index (κ1) is 25.6. The lowest BCUT2D eigenvalue weighted by atomic mass is 10.0. The molecule has 1 aromatic carbocycles. The first-order valence-corrected chi connectivity index (χ1v) is 13.0. The Morgan fingerprint density at radius 2 is 2.00 bits per heavy atom. The van der Waals surface area contributed by atoms with E-state index in [4.69, 9.17) is 9.72 Å². The van der Waals surface area contributed by atoms with E-state index in [0.29, 0.717) is 12.1 Å². The van der Waals surface area contributed by atoms with Crippen LogP contribution in [0.3, 0.4) is 0 Å². The van der Waals surface area contributed by atoms with E-state index in [1.807, 2.05) is 55.6 Å². The van der Waals surface area contributed by atoms with Crippen molar-refractivity contribution in [3.63, 3.8) is 0 Å². The molecule has 3 aromatic heterocycles. The number of nitriles is 1. The zero-order chi connectivity index (χ0) is 26.3. The first-order chi connectivity index (χ1) is 18.6. The highest BCUT2D eigenvalue weighted by atomic mass is 16.5. The molecular weight excluding hydrogens is 474 g/mol. The van der Waals surface area contributed by atoms with Gasteiger partial charge >= 0.3 is 0 Å². The molecule has 0 aliphatic carbocycles. The molecule has 0 bridgehead atoms. The Morgan fingerprint density at radius 1 is 1.13 bits per heavy atom. The topological polar surface area (TPSA) is 102 Å². The Labute approximate surface area is 223 Å².